The number of nitrogens with one attached hydrogen (secondary N) is 8. The van der Waals surface area contributed by atoms with Crippen molar-refractivity contribution in [2.45, 2.75) is 193 Å². The Morgan fingerprint density at radius 2 is 0.744 bits per heavy atom. The SMILES string of the molecule is CC(C)C[C@@H]1NC(=O)[C@H](CCC(N)=O)NC(=O)[C@H](C(C)C)NC(=O)[C@@H]2CCCN2C(=O)[C@@H](Cc2ccc(F)cc2)NC(=O)[C@H](CC(C)C)NC(=O)[C@@H](CCC(N)=O)NC(=O)[C@H](C(C)C)NC(=O)[C@@H]2CCCN2C(=O)[C@@H](Cc2ccc(F)cc2)NC1=O. The fourth-order valence-electron chi connectivity index (χ4n) is 10.8. The average molecular weight is 1210 g/mol. The quantitative estimate of drug-likeness (QED) is 0.110. The number of halogens is 2. The van der Waals surface area contributed by atoms with Crippen molar-refractivity contribution < 1.29 is 66.3 Å². The predicted molar refractivity (Wildman–Crippen MR) is 311 cm³/mol. The highest BCUT2D eigenvalue weighted by Crippen LogP contribution is 2.24. The Morgan fingerprint density at radius 3 is 1.05 bits per heavy atom. The van der Waals surface area contributed by atoms with Gasteiger partial charge >= 0.3 is 0 Å². The van der Waals surface area contributed by atoms with Gasteiger partial charge in [-0.1, -0.05) is 79.7 Å². The topological polar surface area (TPSA) is 360 Å². The fourth-order valence-corrected chi connectivity index (χ4v) is 10.8. The molecule has 0 aliphatic carbocycles. The van der Waals surface area contributed by atoms with Crippen molar-refractivity contribution in [2.24, 2.45) is 35.1 Å². The van der Waals surface area contributed by atoms with Crippen molar-refractivity contribution >= 4 is 70.9 Å². The van der Waals surface area contributed by atoms with E-state index in [1.807, 2.05) is 0 Å². The van der Waals surface area contributed by atoms with Gasteiger partial charge in [0, 0.05) is 38.8 Å². The highest BCUT2D eigenvalue weighted by atomic mass is 19.1. The molecule has 0 aromatic heterocycles. The van der Waals surface area contributed by atoms with Crippen molar-refractivity contribution in [2.75, 3.05) is 13.1 Å². The molecule has 12 amide bonds. The van der Waals surface area contributed by atoms with E-state index in [-0.39, 0.29) is 76.3 Å². The number of hydrogen-bond donors (Lipinski definition) is 10. The van der Waals surface area contributed by atoms with Gasteiger partial charge in [-0.05, 0) is 110 Å². The van der Waals surface area contributed by atoms with Crippen molar-refractivity contribution in [3.8, 4) is 0 Å². The van der Waals surface area contributed by atoms with Gasteiger partial charge in [-0.2, -0.15) is 0 Å². The zero-order valence-corrected chi connectivity index (χ0v) is 50.3. The summed E-state index contributed by atoms with van der Waals surface area (Å²) >= 11 is 0. The summed E-state index contributed by atoms with van der Waals surface area (Å²) in [5.41, 5.74) is 11.9. The van der Waals surface area contributed by atoms with E-state index in [1.54, 1.807) is 55.4 Å². The van der Waals surface area contributed by atoms with Crippen LogP contribution in [-0.4, -0.2) is 154 Å². The Kier molecular flexibility index (Phi) is 25.5. The molecule has 86 heavy (non-hydrogen) atoms. The van der Waals surface area contributed by atoms with Crippen LogP contribution in [0.2, 0.25) is 0 Å². The monoisotopic (exact) mass is 1200 g/mol. The molecule has 24 nitrogen and oxygen atoms in total. The summed E-state index contributed by atoms with van der Waals surface area (Å²) in [4.78, 5) is 173. The molecule has 2 aromatic carbocycles. The first-order valence-electron chi connectivity index (χ1n) is 29.6. The van der Waals surface area contributed by atoms with E-state index in [9.17, 15) is 66.3 Å². The molecule has 3 aliphatic rings. The summed E-state index contributed by atoms with van der Waals surface area (Å²) in [5.74, 6) is -12.9. The van der Waals surface area contributed by atoms with Gasteiger partial charge in [0.25, 0.3) is 0 Å². The van der Waals surface area contributed by atoms with E-state index >= 15 is 0 Å². The number of nitrogens with two attached hydrogens (primary N) is 2. The van der Waals surface area contributed by atoms with Crippen molar-refractivity contribution in [1.82, 2.24) is 52.3 Å². The Labute approximate surface area is 500 Å². The molecule has 0 saturated carbocycles. The number of nitrogens with zero attached hydrogens (tertiary/aromatic N) is 2. The van der Waals surface area contributed by atoms with Crippen LogP contribution in [0.4, 0.5) is 8.78 Å². The van der Waals surface area contributed by atoms with Crippen LogP contribution in [0.15, 0.2) is 48.5 Å². The van der Waals surface area contributed by atoms with Crippen LogP contribution in [-0.2, 0) is 70.4 Å². The normalized spacial score (nSPS) is 25.8. The summed E-state index contributed by atoms with van der Waals surface area (Å²) in [6.07, 6.45) is -1.13. The molecule has 26 heteroatoms. The third kappa shape index (κ3) is 20.0. The molecule has 2 aromatic rings. The molecule has 3 aliphatic heterocycles. The van der Waals surface area contributed by atoms with Crippen LogP contribution >= 0.6 is 0 Å². The molecule has 10 atom stereocenters. The smallest absolute Gasteiger partial charge is 0.246 e. The Balaban J connectivity index is 1.61. The van der Waals surface area contributed by atoms with E-state index in [1.165, 1.54) is 34.1 Å². The van der Waals surface area contributed by atoms with Gasteiger partial charge in [-0.25, -0.2) is 8.78 Å². The lowest BCUT2D eigenvalue weighted by molar-refractivity contribution is -0.143. The Bertz CT molecular complexity index is 2600. The number of amides is 12. The molecular formula is C60H86F2N12O12. The van der Waals surface area contributed by atoms with Gasteiger partial charge in [0.1, 0.15) is 72.1 Å². The zero-order valence-electron chi connectivity index (χ0n) is 50.3. The third-order valence-corrected chi connectivity index (χ3v) is 15.4. The van der Waals surface area contributed by atoms with Crippen LogP contribution < -0.4 is 54.0 Å². The second-order valence-corrected chi connectivity index (χ2v) is 24.1. The number of carbonyl (C=O) groups is 12. The minimum atomic E-state index is -1.53. The minimum Gasteiger partial charge on any atom is -0.370 e. The second kappa shape index (κ2) is 31.9. The Hall–Kier alpha value is -8.06. The van der Waals surface area contributed by atoms with Gasteiger partial charge in [0.05, 0.1) is 0 Å². The van der Waals surface area contributed by atoms with Crippen molar-refractivity contribution in [3.63, 3.8) is 0 Å². The number of fused-ring (bicyclic) bond motifs is 2. The number of carbonyl (C=O) groups excluding carboxylic acids is 12. The average Bonchev–Trinajstić information content (AvgIpc) is 4.35. The maximum atomic E-state index is 14.9. The molecule has 0 bridgehead atoms. The van der Waals surface area contributed by atoms with Crippen LogP contribution in [0.1, 0.15) is 131 Å². The van der Waals surface area contributed by atoms with E-state index in [0.29, 0.717) is 24.0 Å². The van der Waals surface area contributed by atoms with E-state index in [4.69, 9.17) is 11.5 Å². The van der Waals surface area contributed by atoms with Gasteiger partial charge in [-0.3, -0.25) is 57.5 Å². The standard InChI is InChI=1S/C60H86F2N12O12/c1-31(2)27-41-53(79)69-43(29-35-13-17-37(61)18-14-35)59(85)73-25-9-11-45(73)55(81)72-50(34(7)8)58(84)66-40(22-24-48(64)76)52(78)68-42(28-32(3)4)54(80)70-44(30-36-15-19-38(62)20-16-36)60(86)74-26-10-12-46(74)56(82)71-49(33(5)6)57(83)65-39(51(77)67-41)21-23-47(63)75/h13-20,31-34,39-46,49-50H,9-12,21-30H2,1-8H3,(H2,63,75)(H2,64,76)(H,65,83)(H,66,84)(H,67,77)(H,68,78)(H,69,79)(H,70,80)(H,71,82)(H,72,81)/t39-,40+,41-,42-,43+,44+,45-,46-,49-,50-/m0/s1. The largest absolute Gasteiger partial charge is 0.370 e. The number of primary amides is 2. The number of rotatable bonds is 16. The fraction of sp³-hybridized carbons (Fsp3) is 0.600. The lowest BCUT2D eigenvalue weighted by atomic mass is 9.98. The van der Waals surface area contributed by atoms with Crippen molar-refractivity contribution in [1.29, 1.82) is 0 Å². The molecular weight excluding hydrogens is 1120 g/mol. The van der Waals surface area contributed by atoms with E-state index < -0.39 is 168 Å². The maximum absolute atomic E-state index is 14.9. The van der Waals surface area contributed by atoms with Gasteiger partial charge in [-0.15, -0.1) is 0 Å². The van der Waals surface area contributed by atoms with E-state index in [0.717, 1.165) is 24.3 Å². The molecule has 12 N–H and O–H groups in total. The highest BCUT2D eigenvalue weighted by molar-refractivity contribution is 6.00. The molecule has 5 rings (SSSR count). The van der Waals surface area contributed by atoms with Gasteiger partial charge in [0.15, 0.2) is 0 Å². The zero-order chi connectivity index (χ0) is 63.7. The third-order valence-electron chi connectivity index (χ3n) is 15.4. The van der Waals surface area contributed by atoms with Crippen molar-refractivity contribution in [3.05, 3.63) is 71.3 Å². The molecule has 472 valence electrons. The summed E-state index contributed by atoms with van der Waals surface area (Å²) in [7, 11) is 0. The minimum absolute atomic E-state index is 0.0157. The highest BCUT2D eigenvalue weighted by Gasteiger charge is 2.43. The Morgan fingerprint density at radius 1 is 0.442 bits per heavy atom. The first-order chi connectivity index (χ1) is 40.5. The number of benzene rings is 2. The first-order valence-corrected chi connectivity index (χ1v) is 29.6. The van der Waals surface area contributed by atoms with Crippen LogP contribution in [0.25, 0.3) is 0 Å². The molecule has 3 saturated heterocycles. The lowest BCUT2D eigenvalue weighted by Gasteiger charge is -2.33. The van der Waals surface area contributed by atoms with Crippen LogP contribution in [0.3, 0.4) is 0 Å². The maximum Gasteiger partial charge on any atom is 0.246 e. The van der Waals surface area contributed by atoms with Gasteiger partial charge < -0.3 is 63.8 Å². The summed E-state index contributed by atoms with van der Waals surface area (Å²) < 4.78 is 28.4. The molecule has 0 unspecified atom stereocenters. The second-order valence-electron chi connectivity index (χ2n) is 24.1. The van der Waals surface area contributed by atoms with Crippen LogP contribution in [0.5, 0.6) is 0 Å². The predicted octanol–water partition coefficient (Wildman–Crippen LogP) is 0.559. The summed E-state index contributed by atoms with van der Waals surface area (Å²) in [5, 5.41) is 21.5. The molecule has 0 spiro atoms. The summed E-state index contributed by atoms with van der Waals surface area (Å²) in [6.45, 7) is 13.6. The molecule has 3 fully saturated rings. The van der Waals surface area contributed by atoms with Crippen LogP contribution in [0, 0.1) is 35.3 Å². The number of hydrogen-bond acceptors (Lipinski definition) is 12. The molecule has 3 heterocycles. The molecule has 0 radical (unpaired) electrons. The van der Waals surface area contributed by atoms with E-state index in [2.05, 4.69) is 42.5 Å². The van der Waals surface area contributed by atoms with Gasteiger partial charge in [0.2, 0.25) is 70.9 Å². The first kappa shape index (κ1) is 68.7. The summed E-state index contributed by atoms with van der Waals surface area (Å²) in [6, 6.07) is -3.53. The lowest BCUT2D eigenvalue weighted by Crippen LogP contribution is -2.62.